The largest absolute Gasteiger partial charge is 0.390 e. The van der Waals surface area contributed by atoms with E-state index in [1.807, 2.05) is 0 Å². The fourth-order valence-electron chi connectivity index (χ4n) is 1.76. The van der Waals surface area contributed by atoms with Crippen molar-refractivity contribution in [2.75, 3.05) is 0 Å². The number of hydrogen-bond donors (Lipinski definition) is 0. The summed E-state index contributed by atoms with van der Waals surface area (Å²) in [5, 5.41) is 11.0. The number of carbonyl (C=O) groups excluding carboxylic acids is 1. The average Bonchev–Trinajstić information content (AvgIpc) is 2.66. The average molecular weight is 245 g/mol. The number of rotatable bonds is 3. The van der Waals surface area contributed by atoms with Crippen molar-refractivity contribution < 1.29 is 9.72 Å². The number of nitro groups is 1. The highest BCUT2D eigenvalue weighted by atomic mass is 16.6. The summed E-state index contributed by atoms with van der Waals surface area (Å²) in [7, 11) is 1.72. The minimum absolute atomic E-state index is 0.172. The van der Waals surface area contributed by atoms with Gasteiger partial charge in [-0.2, -0.15) is 0 Å². The molecule has 0 aliphatic carbocycles. The van der Waals surface area contributed by atoms with E-state index in [0.717, 1.165) is 6.29 Å². The van der Waals surface area contributed by atoms with Crippen LogP contribution in [-0.4, -0.2) is 20.8 Å². The summed E-state index contributed by atoms with van der Waals surface area (Å²) < 4.78 is 1.66. The van der Waals surface area contributed by atoms with Gasteiger partial charge in [-0.25, -0.2) is 0 Å². The van der Waals surface area contributed by atoms with Gasteiger partial charge in [0, 0.05) is 25.1 Å². The number of benzene rings is 1. The second-order valence-corrected chi connectivity index (χ2v) is 3.89. The van der Waals surface area contributed by atoms with E-state index in [4.69, 9.17) is 0 Å². The Labute approximate surface area is 103 Å². The van der Waals surface area contributed by atoms with E-state index >= 15 is 0 Å². The maximum atomic E-state index is 11.0. The van der Waals surface area contributed by atoms with Crippen molar-refractivity contribution in [2.24, 2.45) is 7.05 Å². The monoisotopic (exact) mass is 245 g/mol. The Morgan fingerprint density at radius 3 is 2.44 bits per heavy atom. The van der Waals surface area contributed by atoms with Gasteiger partial charge < -0.3 is 14.7 Å². The SMILES string of the molecule is Cc1nc([N+](=O)[O-])c(-c2ccc(C=O)cc2)n1C. The first-order valence-corrected chi connectivity index (χ1v) is 5.28. The maximum absolute atomic E-state index is 11.0. The zero-order chi connectivity index (χ0) is 13.3. The molecule has 0 amide bonds. The molecule has 0 saturated carbocycles. The van der Waals surface area contributed by atoms with Crippen LogP contribution in [0.4, 0.5) is 5.82 Å². The smallest absolute Gasteiger partial charge is 0.358 e. The highest BCUT2D eigenvalue weighted by Crippen LogP contribution is 2.29. The zero-order valence-corrected chi connectivity index (χ0v) is 9.95. The lowest BCUT2D eigenvalue weighted by Crippen LogP contribution is -1.96. The summed E-state index contributed by atoms with van der Waals surface area (Å²) in [4.78, 5) is 25.0. The van der Waals surface area contributed by atoms with E-state index in [-0.39, 0.29) is 5.82 Å². The zero-order valence-electron chi connectivity index (χ0n) is 9.95. The quantitative estimate of drug-likeness (QED) is 0.471. The van der Waals surface area contributed by atoms with Gasteiger partial charge in [-0.15, -0.1) is 0 Å². The van der Waals surface area contributed by atoms with Crippen molar-refractivity contribution in [2.45, 2.75) is 6.92 Å². The molecular formula is C12H11N3O3. The number of hydrogen-bond acceptors (Lipinski definition) is 4. The molecule has 0 saturated heterocycles. The Kier molecular flexibility index (Phi) is 2.93. The molecule has 0 aliphatic heterocycles. The molecule has 6 heteroatoms. The van der Waals surface area contributed by atoms with Crippen LogP contribution >= 0.6 is 0 Å². The lowest BCUT2D eigenvalue weighted by molar-refractivity contribution is -0.388. The van der Waals surface area contributed by atoms with Gasteiger partial charge in [0.25, 0.3) is 0 Å². The van der Waals surface area contributed by atoms with Gasteiger partial charge in [-0.3, -0.25) is 4.79 Å². The Morgan fingerprint density at radius 1 is 1.33 bits per heavy atom. The van der Waals surface area contributed by atoms with Gasteiger partial charge in [0.05, 0.1) is 0 Å². The minimum atomic E-state index is -0.504. The molecule has 1 aromatic heterocycles. The van der Waals surface area contributed by atoms with Crippen LogP contribution in [0, 0.1) is 17.0 Å². The first-order valence-electron chi connectivity index (χ1n) is 5.28. The molecule has 0 N–H and O–H groups in total. The normalized spacial score (nSPS) is 10.3. The fourth-order valence-corrected chi connectivity index (χ4v) is 1.76. The second kappa shape index (κ2) is 4.40. The van der Waals surface area contributed by atoms with Crippen LogP contribution in [0.1, 0.15) is 16.2 Å². The van der Waals surface area contributed by atoms with Crippen LogP contribution in [0.5, 0.6) is 0 Å². The molecule has 1 heterocycles. The van der Waals surface area contributed by atoms with Crippen molar-refractivity contribution in [1.29, 1.82) is 0 Å². The number of aryl methyl sites for hydroxylation is 1. The highest BCUT2D eigenvalue weighted by Gasteiger charge is 2.24. The summed E-state index contributed by atoms with van der Waals surface area (Å²) in [6.45, 7) is 1.70. The molecule has 1 aromatic carbocycles. The molecule has 0 aliphatic rings. The van der Waals surface area contributed by atoms with Gasteiger partial charge in [0.15, 0.2) is 0 Å². The molecule has 18 heavy (non-hydrogen) atoms. The lowest BCUT2D eigenvalue weighted by atomic mass is 10.1. The number of nitrogens with zero attached hydrogens (tertiary/aromatic N) is 3. The third-order valence-corrected chi connectivity index (χ3v) is 2.79. The number of aldehydes is 1. The van der Waals surface area contributed by atoms with Crippen LogP contribution < -0.4 is 0 Å². The predicted octanol–water partition coefficient (Wildman–Crippen LogP) is 2.12. The van der Waals surface area contributed by atoms with Crippen LogP contribution in [0.3, 0.4) is 0 Å². The van der Waals surface area contributed by atoms with Crippen LogP contribution in [-0.2, 0) is 7.05 Å². The molecule has 92 valence electrons. The maximum Gasteiger partial charge on any atom is 0.390 e. The Balaban J connectivity index is 2.61. The molecule has 0 fully saturated rings. The Hall–Kier alpha value is -2.50. The molecular weight excluding hydrogens is 234 g/mol. The van der Waals surface area contributed by atoms with Crippen LogP contribution in [0.25, 0.3) is 11.3 Å². The van der Waals surface area contributed by atoms with Gasteiger partial charge in [-0.05, 0) is 9.91 Å². The van der Waals surface area contributed by atoms with Crippen molar-refractivity contribution in [3.8, 4) is 11.3 Å². The molecule has 0 bridgehead atoms. The third kappa shape index (κ3) is 1.88. The number of aromatic nitrogens is 2. The summed E-state index contributed by atoms with van der Waals surface area (Å²) in [5.41, 5.74) is 1.63. The molecule has 0 unspecified atom stereocenters. The standard InChI is InChI=1S/C12H11N3O3/c1-8-13-12(15(17)18)11(14(8)2)10-5-3-9(7-16)4-6-10/h3-7H,1-2H3. The van der Waals surface area contributed by atoms with Crippen LogP contribution in [0.2, 0.25) is 0 Å². The molecule has 0 spiro atoms. The van der Waals surface area contributed by atoms with Gasteiger partial charge in [0.2, 0.25) is 5.82 Å². The fraction of sp³-hybridized carbons (Fsp3) is 0.167. The molecule has 2 aromatic rings. The predicted molar refractivity (Wildman–Crippen MR) is 65.4 cm³/mol. The Morgan fingerprint density at radius 2 is 1.94 bits per heavy atom. The van der Waals surface area contributed by atoms with Crippen molar-refractivity contribution in [3.05, 3.63) is 45.8 Å². The summed E-state index contributed by atoms with van der Waals surface area (Å²) in [6, 6.07) is 6.59. The summed E-state index contributed by atoms with van der Waals surface area (Å²) in [6.07, 6.45) is 0.729. The number of imidazole rings is 1. The second-order valence-electron chi connectivity index (χ2n) is 3.89. The topological polar surface area (TPSA) is 78.0 Å². The van der Waals surface area contributed by atoms with E-state index in [0.29, 0.717) is 22.6 Å². The van der Waals surface area contributed by atoms with Crippen molar-refractivity contribution >= 4 is 12.1 Å². The van der Waals surface area contributed by atoms with Gasteiger partial charge >= 0.3 is 5.82 Å². The molecule has 6 nitrogen and oxygen atoms in total. The molecule has 2 rings (SSSR count). The Bertz CT molecular complexity index is 614. The van der Waals surface area contributed by atoms with E-state index in [1.54, 1.807) is 42.8 Å². The van der Waals surface area contributed by atoms with E-state index < -0.39 is 4.92 Å². The third-order valence-electron chi connectivity index (χ3n) is 2.79. The minimum Gasteiger partial charge on any atom is -0.358 e. The summed E-state index contributed by atoms with van der Waals surface area (Å²) in [5.74, 6) is 0.394. The molecule has 0 atom stereocenters. The first-order chi connectivity index (χ1) is 8.54. The first kappa shape index (κ1) is 12.0. The molecule has 0 radical (unpaired) electrons. The van der Waals surface area contributed by atoms with E-state index in [2.05, 4.69) is 4.98 Å². The highest BCUT2D eigenvalue weighted by molar-refractivity contribution is 5.77. The lowest BCUT2D eigenvalue weighted by Gasteiger charge is -2.02. The summed E-state index contributed by atoms with van der Waals surface area (Å²) >= 11 is 0. The van der Waals surface area contributed by atoms with Gasteiger partial charge in [-0.1, -0.05) is 24.3 Å². The van der Waals surface area contributed by atoms with E-state index in [9.17, 15) is 14.9 Å². The van der Waals surface area contributed by atoms with Crippen molar-refractivity contribution in [1.82, 2.24) is 9.55 Å². The van der Waals surface area contributed by atoms with Crippen molar-refractivity contribution in [3.63, 3.8) is 0 Å². The number of carbonyl (C=O) groups is 1. The van der Waals surface area contributed by atoms with Crippen LogP contribution in [0.15, 0.2) is 24.3 Å². The van der Waals surface area contributed by atoms with Gasteiger partial charge in [0.1, 0.15) is 12.0 Å². The van der Waals surface area contributed by atoms with E-state index in [1.165, 1.54) is 0 Å².